The molecule has 0 aromatic carbocycles. The Kier molecular flexibility index (Phi) is 2.50. The van der Waals surface area contributed by atoms with Gasteiger partial charge in [0, 0.05) is 17.6 Å². The Morgan fingerprint density at radius 2 is 2.50 bits per heavy atom. The Hall–Kier alpha value is -0.770. The summed E-state index contributed by atoms with van der Waals surface area (Å²) in [5.74, 6) is 0. The van der Waals surface area contributed by atoms with Crippen LogP contribution >= 0.6 is 0 Å². The van der Waals surface area contributed by atoms with E-state index in [2.05, 4.69) is 10.0 Å². The molecular formula is C5H10N4O. The summed E-state index contributed by atoms with van der Waals surface area (Å²) in [4.78, 5) is 2.70. The maximum absolute atomic E-state index is 8.10. The highest BCUT2D eigenvalue weighted by atomic mass is 16.5. The molecule has 0 aromatic heterocycles. The van der Waals surface area contributed by atoms with Crippen LogP contribution in [0.3, 0.4) is 0 Å². The molecule has 5 heteroatoms. The minimum absolute atomic E-state index is 0.0706. The summed E-state index contributed by atoms with van der Waals surface area (Å²) in [7, 11) is 0. The lowest BCUT2D eigenvalue weighted by molar-refractivity contribution is 0.0712. The van der Waals surface area contributed by atoms with Crippen molar-refractivity contribution in [3.05, 3.63) is 10.4 Å². The standard InChI is InChI=1S/C5H10N4O/c6-4-3-10-2-1-5(4)8-9-7/h4-5H,1-3,6H2. The van der Waals surface area contributed by atoms with Crippen LogP contribution in [0.1, 0.15) is 6.42 Å². The maximum Gasteiger partial charge on any atom is 0.0621 e. The van der Waals surface area contributed by atoms with Crippen LogP contribution in [0.4, 0.5) is 0 Å². The number of nitrogens with two attached hydrogens (primary N) is 1. The van der Waals surface area contributed by atoms with E-state index in [-0.39, 0.29) is 12.1 Å². The molecule has 1 fully saturated rings. The van der Waals surface area contributed by atoms with E-state index in [9.17, 15) is 0 Å². The van der Waals surface area contributed by atoms with Crippen LogP contribution < -0.4 is 5.73 Å². The molecule has 1 aliphatic rings. The van der Waals surface area contributed by atoms with Crippen LogP contribution in [0.2, 0.25) is 0 Å². The van der Waals surface area contributed by atoms with E-state index >= 15 is 0 Å². The van der Waals surface area contributed by atoms with E-state index in [0.717, 1.165) is 6.42 Å². The molecule has 1 aliphatic heterocycles. The fourth-order valence-corrected chi connectivity index (χ4v) is 0.958. The zero-order valence-corrected chi connectivity index (χ0v) is 5.60. The minimum atomic E-state index is -0.121. The highest BCUT2D eigenvalue weighted by Crippen LogP contribution is 2.09. The molecule has 1 saturated heterocycles. The third kappa shape index (κ3) is 1.60. The lowest BCUT2D eigenvalue weighted by atomic mass is 10.1. The smallest absolute Gasteiger partial charge is 0.0621 e. The number of hydrogen-bond acceptors (Lipinski definition) is 3. The molecule has 1 rings (SSSR count). The van der Waals surface area contributed by atoms with Gasteiger partial charge in [0.25, 0.3) is 0 Å². The van der Waals surface area contributed by atoms with Crippen molar-refractivity contribution in [3.8, 4) is 0 Å². The molecule has 0 amide bonds. The van der Waals surface area contributed by atoms with Gasteiger partial charge in [-0.3, -0.25) is 0 Å². The van der Waals surface area contributed by atoms with Gasteiger partial charge in [-0.1, -0.05) is 5.11 Å². The molecule has 1 heterocycles. The average molecular weight is 142 g/mol. The fraction of sp³-hybridized carbons (Fsp3) is 1.00. The highest BCUT2D eigenvalue weighted by molar-refractivity contribution is 4.82. The third-order valence-corrected chi connectivity index (χ3v) is 1.56. The van der Waals surface area contributed by atoms with Crippen LogP contribution in [0.25, 0.3) is 10.4 Å². The summed E-state index contributed by atoms with van der Waals surface area (Å²) in [6.07, 6.45) is 0.741. The Morgan fingerprint density at radius 3 is 3.10 bits per heavy atom. The van der Waals surface area contributed by atoms with E-state index in [4.69, 9.17) is 16.0 Å². The Labute approximate surface area is 58.8 Å². The summed E-state index contributed by atoms with van der Waals surface area (Å²) >= 11 is 0. The first kappa shape index (κ1) is 7.34. The van der Waals surface area contributed by atoms with Gasteiger partial charge >= 0.3 is 0 Å². The topological polar surface area (TPSA) is 84.0 Å². The number of nitrogens with zero attached hydrogens (tertiary/aromatic N) is 3. The summed E-state index contributed by atoms with van der Waals surface area (Å²) in [6.45, 7) is 1.15. The molecule has 2 N–H and O–H groups in total. The van der Waals surface area contributed by atoms with Crippen LogP contribution in [-0.2, 0) is 4.74 Å². The van der Waals surface area contributed by atoms with Gasteiger partial charge in [-0.2, -0.15) is 0 Å². The molecular weight excluding hydrogens is 132 g/mol. The van der Waals surface area contributed by atoms with Gasteiger partial charge in [0.1, 0.15) is 0 Å². The van der Waals surface area contributed by atoms with Crippen LogP contribution in [0, 0.1) is 0 Å². The van der Waals surface area contributed by atoms with Crippen molar-refractivity contribution in [2.45, 2.75) is 18.5 Å². The van der Waals surface area contributed by atoms with Crippen molar-refractivity contribution in [1.29, 1.82) is 0 Å². The normalized spacial score (nSPS) is 32.9. The van der Waals surface area contributed by atoms with Gasteiger partial charge in [0.05, 0.1) is 12.6 Å². The van der Waals surface area contributed by atoms with E-state index in [1.807, 2.05) is 0 Å². The molecule has 0 bridgehead atoms. The fourth-order valence-electron chi connectivity index (χ4n) is 0.958. The maximum atomic E-state index is 8.10. The van der Waals surface area contributed by atoms with Gasteiger partial charge in [0.2, 0.25) is 0 Å². The van der Waals surface area contributed by atoms with Crippen molar-refractivity contribution in [1.82, 2.24) is 0 Å². The van der Waals surface area contributed by atoms with Crippen molar-refractivity contribution in [3.63, 3.8) is 0 Å². The number of hydrogen-bond donors (Lipinski definition) is 1. The molecule has 10 heavy (non-hydrogen) atoms. The lowest BCUT2D eigenvalue weighted by Crippen LogP contribution is -2.42. The van der Waals surface area contributed by atoms with Gasteiger partial charge in [-0.05, 0) is 12.0 Å². The summed E-state index contributed by atoms with van der Waals surface area (Å²) < 4.78 is 5.05. The molecule has 0 saturated carbocycles. The lowest BCUT2D eigenvalue weighted by Gasteiger charge is -2.24. The largest absolute Gasteiger partial charge is 0.380 e. The molecule has 56 valence electrons. The molecule has 0 aliphatic carbocycles. The number of azide groups is 1. The predicted octanol–water partition coefficient (Wildman–Crippen LogP) is 0.413. The zero-order valence-electron chi connectivity index (χ0n) is 5.60. The van der Waals surface area contributed by atoms with Crippen LogP contribution in [-0.4, -0.2) is 25.3 Å². The van der Waals surface area contributed by atoms with E-state index in [0.29, 0.717) is 13.2 Å². The van der Waals surface area contributed by atoms with Gasteiger partial charge < -0.3 is 10.5 Å². The molecule has 5 nitrogen and oxygen atoms in total. The first-order valence-electron chi connectivity index (χ1n) is 3.22. The molecule has 0 aromatic rings. The Balaban J connectivity index is 2.47. The third-order valence-electron chi connectivity index (χ3n) is 1.56. The second kappa shape index (κ2) is 3.41. The van der Waals surface area contributed by atoms with Gasteiger partial charge in [-0.25, -0.2) is 0 Å². The number of rotatable bonds is 1. The molecule has 0 radical (unpaired) electrons. The second-order valence-electron chi connectivity index (χ2n) is 2.30. The van der Waals surface area contributed by atoms with E-state index < -0.39 is 0 Å². The van der Waals surface area contributed by atoms with Gasteiger partial charge in [-0.15, -0.1) is 0 Å². The minimum Gasteiger partial charge on any atom is -0.380 e. The van der Waals surface area contributed by atoms with Crippen molar-refractivity contribution in [2.24, 2.45) is 10.8 Å². The summed E-state index contributed by atoms with van der Waals surface area (Å²) in [6, 6.07) is -0.191. The summed E-state index contributed by atoms with van der Waals surface area (Å²) in [5.41, 5.74) is 13.7. The van der Waals surface area contributed by atoms with Crippen LogP contribution in [0.15, 0.2) is 5.11 Å². The van der Waals surface area contributed by atoms with E-state index in [1.54, 1.807) is 0 Å². The average Bonchev–Trinajstić information content (AvgIpc) is 1.94. The van der Waals surface area contributed by atoms with E-state index in [1.165, 1.54) is 0 Å². The van der Waals surface area contributed by atoms with Crippen LogP contribution in [0.5, 0.6) is 0 Å². The second-order valence-corrected chi connectivity index (χ2v) is 2.30. The number of ether oxygens (including phenoxy) is 1. The zero-order chi connectivity index (χ0) is 7.40. The Bertz CT molecular complexity index is 154. The Morgan fingerprint density at radius 1 is 1.70 bits per heavy atom. The quantitative estimate of drug-likeness (QED) is 0.326. The monoisotopic (exact) mass is 142 g/mol. The predicted molar refractivity (Wildman–Crippen MR) is 36.3 cm³/mol. The van der Waals surface area contributed by atoms with Crippen molar-refractivity contribution < 1.29 is 4.74 Å². The van der Waals surface area contributed by atoms with Crippen molar-refractivity contribution in [2.75, 3.05) is 13.2 Å². The SMILES string of the molecule is [N-]=[N+]=NC1CCOCC1N. The van der Waals surface area contributed by atoms with Gasteiger partial charge in [0.15, 0.2) is 0 Å². The van der Waals surface area contributed by atoms with Crippen molar-refractivity contribution >= 4 is 0 Å². The molecule has 0 spiro atoms. The molecule has 2 unspecified atom stereocenters. The molecule has 2 atom stereocenters. The highest BCUT2D eigenvalue weighted by Gasteiger charge is 2.20. The summed E-state index contributed by atoms with van der Waals surface area (Å²) in [5, 5.41) is 3.54. The first-order chi connectivity index (χ1) is 4.84. The first-order valence-corrected chi connectivity index (χ1v) is 3.22.